The van der Waals surface area contributed by atoms with Gasteiger partial charge in [-0.3, -0.25) is 4.57 Å². The molecule has 0 bridgehead atoms. The van der Waals surface area contributed by atoms with E-state index in [2.05, 4.69) is 25.8 Å². The molecule has 96 valence electrons. The molecule has 0 fully saturated rings. The van der Waals surface area contributed by atoms with Crippen LogP contribution in [-0.2, 0) is 5.41 Å². The minimum atomic E-state index is -0.0425. The van der Waals surface area contributed by atoms with E-state index in [1.54, 1.807) is 6.07 Å². The zero-order valence-electron chi connectivity index (χ0n) is 10.4. The number of halogens is 2. The Kier molecular flexibility index (Phi) is 3.58. The molecule has 1 heterocycles. The summed E-state index contributed by atoms with van der Waals surface area (Å²) in [5.74, 6) is 0. The zero-order chi connectivity index (χ0) is 13.5. The molecule has 0 atom stereocenters. The maximum atomic E-state index is 6.27. The number of hydrogen-bond donors (Lipinski definition) is 1. The lowest BCUT2D eigenvalue weighted by Gasteiger charge is -2.21. The average Bonchev–Trinajstić information content (AvgIpc) is 2.64. The van der Waals surface area contributed by atoms with Crippen LogP contribution >= 0.6 is 35.4 Å². The summed E-state index contributed by atoms with van der Waals surface area (Å²) in [4.78, 5) is 3.07. The molecular weight excluding hydrogens is 287 g/mol. The molecule has 1 N–H and O–H groups in total. The van der Waals surface area contributed by atoms with Crippen LogP contribution in [0.5, 0.6) is 0 Å². The molecule has 0 spiro atoms. The van der Waals surface area contributed by atoms with Crippen molar-refractivity contribution in [2.45, 2.75) is 26.2 Å². The second kappa shape index (κ2) is 4.72. The fourth-order valence-electron chi connectivity index (χ4n) is 1.82. The van der Waals surface area contributed by atoms with Crippen molar-refractivity contribution >= 4 is 35.4 Å². The van der Waals surface area contributed by atoms with Gasteiger partial charge in [-0.1, -0.05) is 50.0 Å². The van der Waals surface area contributed by atoms with Crippen molar-refractivity contribution in [1.82, 2.24) is 9.55 Å². The van der Waals surface area contributed by atoms with E-state index in [0.717, 1.165) is 11.4 Å². The lowest BCUT2D eigenvalue weighted by atomic mass is 9.92. The van der Waals surface area contributed by atoms with Crippen molar-refractivity contribution in [3.05, 3.63) is 44.9 Å². The molecule has 5 heteroatoms. The first-order valence-corrected chi connectivity index (χ1v) is 6.74. The van der Waals surface area contributed by atoms with Crippen LogP contribution in [0.3, 0.4) is 0 Å². The number of nitrogens with zero attached hydrogens (tertiary/aromatic N) is 1. The van der Waals surface area contributed by atoms with Gasteiger partial charge >= 0.3 is 0 Å². The van der Waals surface area contributed by atoms with Crippen LogP contribution in [-0.4, -0.2) is 9.55 Å². The quantitative estimate of drug-likeness (QED) is 0.723. The molecule has 18 heavy (non-hydrogen) atoms. The SMILES string of the molecule is CC(C)(C)c1c[nH]c(=S)n1-c1cccc(Cl)c1Cl. The molecule has 1 aromatic carbocycles. The van der Waals surface area contributed by atoms with Crippen molar-refractivity contribution in [3.8, 4) is 5.69 Å². The summed E-state index contributed by atoms with van der Waals surface area (Å²) in [7, 11) is 0. The van der Waals surface area contributed by atoms with Crippen LogP contribution in [0.2, 0.25) is 10.0 Å². The van der Waals surface area contributed by atoms with Gasteiger partial charge in [-0.25, -0.2) is 0 Å². The van der Waals surface area contributed by atoms with E-state index in [9.17, 15) is 0 Å². The highest BCUT2D eigenvalue weighted by Gasteiger charge is 2.21. The Bertz CT molecular complexity index is 635. The highest BCUT2D eigenvalue weighted by Crippen LogP contribution is 2.32. The maximum Gasteiger partial charge on any atom is 0.182 e. The Labute approximate surface area is 122 Å². The standard InChI is InChI=1S/C13H14Cl2N2S/c1-13(2,3)10-7-16-12(18)17(10)9-6-4-5-8(14)11(9)15/h4-7H,1-3H3,(H,16,18). The first-order chi connectivity index (χ1) is 8.32. The third-order valence-electron chi connectivity index (χ3n) is 2.72. The predicted molar refractivity (Wildman–Crippen MR) is 79.7 cm³/mol. The third kappa shape index (κ3) is 2.35. The molecule has 2 aromatic rings. The van der Waals surface area contributed by atoms with E-state index in [-0.39, 0.29) is 5.41 Å². The highest BCUT2D eigenvalue weighted by molar-refractivity contribution is 7.71. The minimum Gasteiger partial charge on any atom is -0.337 e. The van der Waals surface area contributed by atoms with E-state index in [1.165, 1.54) is 0 Å². The van der Waals surface area contributed by atoms with Crippen LogP contribution < -0.4 is 0 Å². The van der Waals surface area contributed by atoms with Gasteiger partial charge in [0.2, 0.25) is 0 Å². The van der Waals surface area contributed by atoms with Crippen LogP contribution in [0.4, 0.5) is 0 Å². The Balaban J connectivity index is 2.76. The molecule has 1 aromatic heterocycles. The number of rotatable bonds is 1. The van der Waals surface area contributed by atoms with Crippen LogP contribution in [0.1, 0.15) is 26.5 Å². The van der Waals surface area contributed by atoms with E-state index in [4.69, 9.17) is 35.4 Å². The first-order valence-electron chi connectivity index (χ1n) is 5.57. The molecule has 0 unspecified atom stereocenters. The monoisotopic (exact) mass is 300 g/mol. The van der Waals surface area contributed by atoms with E-state index in [1.807, 2.05) is 22.9 Å². The summed E-state index contributed by atoms with van der Waals surface area (Å²) in [6.45, 7) is 6.37. The molecule has 0 saturated carbocycles. The molecule has 0 amide bonds. The Morgan fingerprint density at radius 3 is 2.50 bits per heavy atom. The van der Waals surface area contributed by atoms with Crippen LogP contribution in [0.15, 0.2) is 24.4 Å². The Morgan fingerprint density at radius 2 is 1.89 bits per heavy atom. The van der Waals surface area contributed by atoms with Crippen molar-refractivity contribution in [2.75, 3.05) is 0 Å². The molecule has 2 rings (SSSR count). The topological polar surface area (TPSA) is 20.7 Å². The lowest BCUT2D eigenvalue weighted by Crippen LogP contribution is -2.17. The van der Waals surface area contributed by atoms with Gasteiger partial charge in [0, 0.05) is 17.3 Å². The summed E-state index contributed by atoms with van der Waals surface area (Å²) in [5, 5.41) is 1.04. The van der Waals surface area contributed by atoms with Crippen molar-refractivity contribution < 1.29 is 0 Å². The zero-order valence-corrected chi connectivity index (χ0v) is 12.7. The summed E-state index contributed by atoms with van der Waals surface area (Å²) >= 11 is 17.7. The first kappa shape index (κ1) is 13.7. The van der Waals surface area contributed by atoms with Crippen LogP contribution in [0.25, 0.3) is 5.69 Å². The third-order valence-corrected chi connectivity index (χ3v) is 3.83. The molecule has 0 aliphatic carbocycles. The number of aromatic amines is 1. The fraction of sp³-hybridized carbons (Fsp3) is 0.308. The fourth-order valence-corrected chi connectivity index (χ4v) is 2.46. The summed E-state index contributed by atoms with van der Waals surface area (Å²) in [5.41, 5.74) is 1.83. The summed E-state index contributed by atoms with van der Waals surface area (Å²) < 4.78 is 2.55. The second-order valence-electron chi connectivity index (χ2n) is 5.14. The van der Waals surface area contributed by atoms with Gasteiger partial charge in [-0.05, 0) is 24.4 Å². The predicted octanol–water partition coefficient (Wildman–Crippen LogP) is 5.14. The average molecular weight is 301 g/mol. The number of nitrogens with one attached hydrogen (secondary N) is 1. The van der Waals surface area contributed by atoms with Gasteiger partial charge in [-0.15, -0.1) is 0 Å². The Morgan fingerprint density at radius 1 is 1.22 bits per heavy atom. The number of hydrogen-bond acceptors (Lipinski definition) is 1. The van der Waals surface area contributed by atoms with E-state index >= 15 is 0 Å². The molecule has 0 aliphatic rings. The highest BCUT2D eigenvalue weighted by atomic mass is 35.5. The minimum absolute atomic E-state index is 0.0425. The van der Waals surface area contributed by atoms with E-state index in [0.29, 0.717) is 14.8 Å². The number of aromatic nitrogens is 2. The van der Waals surface area contributed by atoms with Gasteiger partial charge < -0.3 is 4.98 Å². The Hall–Kier alpha value is -0.770. The van der Waals surface area contributed by atoms with Gasteiger partial charge in [-0.2, -0.15) is 0 Å². The normalized spacial score (nSPS) is 11.8. The van der Waals surface area contributed by atoms with Gasteiger partial charge in [0.1, 0.15) is 0 Å². The number of H-pyrrole nitrogens is 1. The molecule has 0 radical (unpaired) electrons. The second-order valence-corrected chi connectivity index (χ2v) is 6.31. The number of imidazole rings is 1. The lowest BCUT2D eigenvalue weighted by molar-refractivity contribution is 0.556. The molecule has 0 saturated heterocycles. The van der Waals surface area contributed by atoms with E-state index < -0.39 is 0 Å². The summed E-state index contributed by atoms with van der Waals surface area (Å²) in [6, 6.07) is 5.54. The van der Waals surface area contributed by atoms with Gasteiger partial charge in [0.15, 0.2) is 4.77 Å². The van der Waals surface area contributed by atoms with Gasteiger partial charge in [0.25, 0.3) is 0 Å². The van der Waals surface area contributed by atoms with Crippen molar-refractivity contribution in [3.63, 3.8) is 0 Å². The van der Waals surface area contributed by atoms with Crippen molar-refractivity contribution in [2.24, 2.45) is 0 Å². The number of benzene rings is 1. The largest absolute Gasteiger partial charge is 0.337 e. The van der Waals surface area contributed by atoms with Gasteiger partial charge in [0.05, 0.1) is 15.7 Å². The van der Waals surface area contributed by atoms with Crippen LogP contribution in [0, 0.1) is 4.77 Å². The molecule has 2 nitrogen and oxygen atoms in total. The molecule has 0 aliphatic heterocycles. The molecular formula is C13H14Cl2N2S. The summed E-state index contributed by atoms with van der Waals surface area (Å²) in [6.07, 6.45) is 1.92. The van der Waals surface area contributed by atoms with Crippen molar-refractivity contribution in [1.29, 1.82) is 0 Å². The maximum absolute atomic E-state index is 6.27. The smallest absolute Gasteiger partial charge is 0.182 e.